The van der Waals surface area contributed by atoms with Crippen molar-refractivity contribution < 1.29 is 24.1 Å². The Hall–Kier alpha value is -1.75. The normalized spacial score (nSPS) is 40.5. The molecule has 116 valence electrons. The van der Waals surface area contributed by atoms with Crippen LogP contribution >= 0.6 is 0 Å². The first-order chi connectivity index (χ1) is 10.6. The molecule has 1 spiro atoms. The molecule has 5 heteroatoms. The minimum absolute atomic E-state index is 0.0910. The first kappa shape index (κ1) is 12.8. The van der Waals surface area contributed by atoms with Crippen LogP contribution in [-0.2, 0) is 21.4 Å². The van der Waals surface area contributed by atoms with E-state index in [0.29, 0.717) is 18.6 Å². The van der Waals surface area contributed by atoms with Gasteiger partial charge in [0.2, 0.25) is 0 Å². The number of carbonyl (C=O) groups is 1. The highest BCUT2D eigenvalue weighted by Crippen LogP contribution is 2.63. The van der Waals surface area contributed by atoms with Gasteiger partial charge in [0.05, 0.1) is 25.0 Å². The van der Waals surface area contributed by atoms with Crippen LogP contribution in [0.1, 0.15) is 30.4 Å². The zero-order valence-corrected chi connectivity index (χ0v) is 12.4. The molecule has 1 aromatic rings. The van der Waals surface area contributed by atoms with E-state index in [0.717, 1.165) is 24.2 Å². The van der Waals surface area contributed by atoms with Gasteiger partial charge in [0, 0.05) is 17.9 Å². The first-order valence-electron chi connectivity index (χ1n) is 7.89. The van der Waals surface area contributed by atoms with Gasteiger partial charge in [0.25, 0.3) is 0 Å². The van der Waals surface area contributed by atoms with Crippen LogP contribution in [0.2, 0.25) is 0 Å². The van der Waals surface area contributed by atoms with Crippen LogP contribution in [0.25, 0.3) is 0 Å². The van der Waals surface area contributed by atoms with Crippen molar-refractivity contribution in [2.45, 2.75) is 49.4 Å². The molecule has 5 nitrogen and oxygen atoms in total. The lowest BCUT2D eigenvalue weighted by molar-refractivity contribution is -0.181. The Labute approximate surface area is 128 Å². The van der Waals surface area contributed by atoms with Crippen molar-refractivity contribution in [3.05, 3.63) is 23.3 Å². The minimum Gasteiger partial charge on any atom is -0.493 e. The van der Waals surface area contributed by atoms with E-state index in [-0.39, 0.29) is 24.1 Å². The third-order valence-electron chi connectivity index (χ3n) is 6.02. The Kier molecular flexibility index (Phi) is 2.30. The maximum atomic E-state index is 12.2. The van der Waals surface area contributed by atoms with Crippen molar-refractivity contribution in [1.29, 1.82) is 0 Å². The second-order valence-corrected chi connectivity index (χ2v) is 6.87. The third-order valence-corrected chi connectivity index (χ3v) is 6.02. The number of rotatable bonds is 1. The summed E-state index contributed by atoms with van der Waals surface area (Å²) in [6, 6.07) is 3.96. The molecular weight excluding hydrogens is 284 g/mol. The molecule has 2 aliphatic heterocycles. The summed E-state index contributed by atoms with van der Waals surface area (Å²) in [7, 11) is 1.62. The van der Waals surface area contributed by atoms with Crippen LogP contribution in [-0.4, -0.2) is 36.5 Å². The molecule has 0 amide bonds. The van der Waals surface area contributed by atoms with Gasteiger partial charge in [-0.25, -0.2) is 0 Å². The standard InChI is InChI=1S/C17H18O5/c1-20-11-5-2-8-6-12-9-3-4-10(18)16-17(9,7-13(19)21-12)14(8)15(11)22-16/h2,5,9-10,12,16,18H,3-4,6-7H2,1H3/t9-,10+,12+,16-,17-/m1/s1. The average molecular weight is 302 g/mol. The molecule has 2 fully saturated rings. The summed E-state index contributed by atoms with van der Waals surface area (Å²) < 4.78 is 17.3. The van der Waals surface area contributed by atoms with Crippen molar-refractivity contribution >= 4 is 5.97 Å². The third kappa shape index (κ3) is 1.28. The minimum atomic E-state index is -0.550. The molecule has 2 heterocycles. The second-order valence-electron chi connectivity index (χ2n) is 6.87. The van der Waals surface area contributed by atoms with Crippen molar-refractivity contribution in [2.75, 3.05) is 7.11 Å². The average Bonchev–Trinajstić information content (AvgIpc) is 2.82. The lowest BCUT2D eigenvalue weighted by Gasteiger charge is -2.54. The number of aliphatic hydroxyl groups excluding tert-OH is 1. The summed E-state index contributed by atoms with van der Waals surface area (Å²) in [5, 5.41) is 10.5. The maximum Gasteiger partial charge on any atom is 0.307 e. The molecular formula is C17H18O5. The molecule has 2 bridgehead atoms. The van der Waals surface area contributed by atoms with E-state index in [9.17, 15) is 9.90 Å². The molecule has 0 aromatic heterocycles. The van der Waals surface area contributed by atoms with Crippen molar-refractivity contribution in [1.82, 2.24) is 0 Å². The van der Waals surface area contributed by atoms with Gasteiger partial charge >= 0.3 is 5.97 Å². The molecule has 22 heavy (non-hydrogen) atoms. The number of ether oxygens (including phenoxy) is 3. The van der Waals surface area contributed by atoms with E-state index in [4.69, 9.17) is 14.2 Å². The fourth-order valence-electron chi connectivity index (χ4n) is 5.28. The summed E-state index contributed by atoms with van der Waals surface area (Å²) in [6.45, 7) is 0. The van der Waals surface area contributed by atoms with Crippen molar-refractivity contribution in [2.24, 2.45) is 5.92 Å². The van der Waals surface area contributed by atoms with Crippen LogP contribution in [0.5, 0.6) is 11.5 Å². The molecule has 0 radical (unpaired) electrons. The van der Waals surface area contributed by atoms with E-state index >= 15 is 0 Å². The zero-order valence-electron chi connectivity index (χ0n) is 12.4. The smallest absolute Gasteiger partial charge is 0.307 e. The SMILES string of the molecule is COc1ccc2c3c1O[C@@H]1[C@@H](O)CC[C@@H]4[C@H](C2)OC(=O)C[C@]341. The second kappa shape index (κ2) is 3.96. The van der Waals surface area contributed by atoms with Crippen molar-refractivity contribution in [3.8, 4) is 11.5 Å². The molecule has 1 N–H and O–H groups in total. The first-order valence-corrected chi connectivity index (χ1v) is 7.89. The Morgan fingerprint density at radius 3 is 3.00 bits per heavy atom. The van der Waals surface area contributed by atoms with Crippen LogP contribution in [0, 0.1) is 5.92 Å². The van der Waals surface area contributed by atoms with Crippen molar-refractivity contribution in [3.63, 3.8) is 0 Å². The Morgan fingerprint density at radius 2 is 2.18 bits per heavy atom. The monoisotopic (exact) mass is 302 g/mol. The van der Waals surface area contributed by atoms with Crippen LogP contribution in [0.4, 0.5) is 0 Å². The van der Waals surface area contributed by atoms with Gasteiger partial charge in [0.1, 0.15) is 12.2 Å². The number of methoxy groups -OCH3 is 1. The maximum absolute atomic E-state index is 12.2. The predicted octanol–water partition coefficient (Wildman–Crippen LogP) is 1.34. The summed E-state index contributed by atoms with van der Waals surface area (Å²) in [4.78, 5) is 12.2. The van der Waals surface area contributed by atoms with Crippen LogP contribution in [0.3, 0.4) is 0 Å². The number of carbonyl (C=O) groups excluding carboxylic acids is 1. The van der Waals surface area contributed by atoms with Gasteiger partial charge in [-0.05, 0) is 24.5 Å². The van der Waals surface area contributed by atoms with Gasteiger partial charge in [0.15, 0.2) is 11.5 Å². The number of aliphatic hydroxyl groups is 1. The van der Waals surface area contributed by atoms with E-state index in [1.165, 1.54) is 5.56 Å². The van der Waals surface area contributed by atoms with Gasteiger partial charge < -0.3 is 19.3 Å². The van der Waals surface area contributed by atoms with E-state index in [1.54, 1.807) is 7.11 Å². The van der Waals surface area contributed by atoms with Gasteiger partial charge in [-0.3, -0.25) is 4.79 Å². The highest BCUT2D eigenvalue weighted by molar-refractivity contribution is 5.77. The zero-order chi connectivity index (χ0) is 15.1. The van der Waals surface area contributed by atoms with Crippen LogP contribution < -0.4 is 9.47 Å². The Balaban J connectivity index is 1.82. The lowest BCUT2D eigenvalue weighted by atomic mass is 9.53. The summed E-state index contributed by atoms with van der Waals surface area (Å²) in [6.07, 6.45) is 1.58. The largest absolute Gasteiger partial charge is 0.493 e. The number of benzene rings is 1. The van der Waals surface area contributed by atoms with Crippen LogP contribution in [0.15, 0.2) is 12.1 Å². The molecule has 1 saturated heterocycles. The van der Waals surface area contributed by atoms with E-state index < -0.39 is 11.5 Å². The summed E-state index contributed by atoms with van der Waals surface area (Å²) >= 11 is 0. The molecule has 4 aliphatic rings. The lowest BCUT2D eigenvalue weighted by Crippen LogP contribution is -2.63. The summed E-state index contributed by atoms with van der Waals surface area (Å²) in [5.41, 5.74) is 1.82. The number of hydrogen-bond donors (Lipinski definition) is 1. The number of esters is 1. The quantitative estimate of drug-likeness (QED) is 0.793. The molecule has 5 rings (SSSR count). The number of hydrogen-bond acceptors (Lipinski definition) is 5. The molecule has 2 aliphatic carbocycles. The van der Waals surface area contributed by atoms with E-state index in [1.807, 2.05) is 6.07 Å². The van der Waals surface area contributed by atoms with Gasteiger partial charge in [-0.2, -0.15) is 0 Å². The topological polar surface area (TPSA) is 65.0 Å². The molecule has 1 aromatic carbocycles. The highest BCUT2D eigenvalue weighted by atomic mass is 16.6. The fourth-order valence-corrected chi connectivity index (χ4v) is 5.28. The molecule has 5 atom stereocenters. The Bertz CT molecular complexity index is 684. The van der Waals surface area contributed by atoms with E-state index in [2.05, 4.69) is 6.07 Å². The Morgan fingerprint density at radius 1 is 1.32 bits per heavy atom. The van der Waals surface area contributed by atoms with Gasteiger partial charge in [-0.1, -0.05) is 6.07 Å². The summed E-state index contributed by atoms with van der Waals surface area (Å²) in [5.74, 6) is 1.47. The predicted molar refractivity (Wildman–Crippen MR) is 76.0 cm³/mol. The molecule has 1 saturated carbocycles. The fraction of sp³-hybridized carbons (Fsp3) is 0.588. The van der Waals surface area contributed by atoms with Gasteiger partial charge in [-0.15, -0.1) is 0 Å². The molecule has 0 unspecified atom stereocenters. The highest BCUT2D eigenvalue weighted by Gasteiger charge is 2.67.